The van der Waals surface area contributed by atoms with Crippen LogP contribution in [-0.4, -0.2) is 29.2 Å². The molecule has 2 nitrogen and oxygen atoms in total. The number of aliphatic hydroxyl groups excluding tert-OH is 1. The van der Waals surface area contributed by atoms with Gasteiger partial charge in [-0.25, -0.2) is 4.39 Å². The van der Waals surface area contributed by atoms with E-state index in [-0.39, 0.29) is 11.9 Å². The van der Waals surface area contributed by atoms with Gasteiger partial charge < -0.3 is 5.11 Å². The minimum atomic E-state index is -0.245. The van der Waals surface area contributed by atoms with Gasteiger partial charge in [0, 0.05) is 18.7 Å². The molecule has 1 aromatic carbocycles. The molecule has 1 N–H and O–H groups in total. The molecule has 0 spiro atoms. The van der Waals surface area contributed by atoms with Gasteiger partial charge in [0.1, 0.15) is 5.82 Å². The summed E-state index contributed by atoms with van der Waals surface area (Å²) in [6, 6.07) is 6.83. The van der Waals surface area contributed by atoms with Crippen molar-refractivity contribution in [2.24, 2.45) is 0 Å². The van der Waals surface area contributed by atoms with Gasteiger partial charge in [-0.15, -0.1) is 0 Å². The van der Waals surface area contributed by atoms with Crippen molar-refractivity contribution in [2.75, 3.05) is 13.1 Å². The molecular formula is C12H16FNO. The van der Waals surface area contributed by atoms with Crippen LogP contribution in [0.2, 0.25) is 0 Å². The second kappa shape index (κ2) is 4.73. The molecule has 0 bridgehead atoms. The number of halogens is 1. The Morgan fingerprint density at radius 1 is 1.40 bits per heavy atom. The van der Waals surface area contributed by atoms with Crippen LogP contribution in [-0.2, 0) is 6.54 Å². The molecule has 2 rings (SSSR count). The molecule has 1 aliphatic rings. The number of piperidine rings is 1. The zero-order valence-corrected chi connectivity index (χ0v) is 8.69. The molecule has 1 saturated heterocycles. The average Bonchev–Trinajstić information content (AvgIpc) is 2.22. The highest BCUT2D eigenvalue weighted by Crippen LogP contribution is 2.15. The second-order valence-electron chi connectivity index (χ2n) is 4.12. The molecule has 15 heavy (non-hydrogen) atoms. The Morgan fingerprint density at radius 2 is 2.20 bits per heavy atom. The molecule has 1 aromatic rings. The van der Waals surface area contributed by atoms with Gasteiger partial charge in [0.15, 0.2) is 0 Å². The lowest BCUT2D eigenvalue weighted by Crippen LogP contribution is -2.37. The van der Waals surface area contributed by atoms with E-state index in [1.165, 1.54) is 6.07 Å². The van der Waals surface area contributed by atoms with E-state index >= 15 is 0 Å². The predicted molar refractivity (Wildman–Crippen MR) is 56.9 cm³/mol. The van der Waals surface area contributed by atoms with Crippen molar-refractivity contribution in [1.82, 2.24) is 4.90 Å². The molecule has 3 heteroatoms. The number of nitrogens with zero attached hydrogens (tertiary/aromatic N) is 1. The Kier molecular flexibility index (Phi) is 3.34. The van der Waals surface area contributed by atoms with Crippen molar-refractivity contribution >= 4 is 0 Å². The number of hydrogen-bond acceptors (Lipinski definition) is 2. The number of hydrogen-bond donors (Lipinski definition) is 1. The van der Waals surface area contributed by atoms with E-state index in [1.54, 1.807) is 12.1 Å². The molecule has 0 saturated carbocycles. The molecule has 0 amide bonds. The maximum atomic E-state index is 13.4. The van der Waals surface area contributed by atoms with Crippen molar-refractivity contribution in [3.63, 3.8) is 0 Å². The fourth-order valence-electron chi connectivity index (χ4n) is 2.04. The first-order chi connectivity index (χ1) is 7.25. The van der Waals surface area contributed by atoms with Crippen molar-refractivity contribution in [1.29, 1.82) is 0 Å². The van der Waals surface area contributed by atoms with Crippen molar-refractivity contribution in [3.8, 4) is 0 Å². The molecule has 82 valence electrons. The summed E-state index contributed by atoms with van der Waals surface area (Å²) < 4.78 is 13.4. The second-order valence-corrected chi connectivity index (χ2v) is 4.12. The normalized spacial score (nSPS) is 22.9. The Balaban J connectivity index is 1.99. The summed E-state index contributed by atoms with van der Waals surface area (Å²) in [7, 11) is 0. The van der Waals surface area contributed by atoms with Crippen LogP contribution < -0.4 is 0 Å². The van der Waals surface area contributed by atoms with Crippen LogP contribution in [0.1, 0.15) is 18.4 Å². The third-order valence-electron chi connectivity index (χ3n) is 2.83. The van der Waals surface area contributed by atoms with Gasteiger partial charge in [0.2, 0.25) is 0 Å². The molecule has 1 aliphatic heterocycles. The molecule has 0 aromatic heterocycles. The molecule has 0 aliphatic carbocycles. The molecule has 1 heterocycles. The smallest absolute Gasteiger partial charge is 0.127 e. The Bertz CT molecular complexity index is 329. The monoisotopic (exact) mass is 209 g/mol. The Morgan fingerprint density at radius 3 is 2.93 bits per heavy atom. The third kappa shape index (κ3) is 2.76. The summed E-state index contributed by atoms with van der Waals surface area (Å²) in [4.78, 5) is 2.10. The zero-order valence-electron chi connectivity index (χ0n) is 8.69. The van der Waals surface area contributed by atoms with Gasteiger partial charge in [-0.3, -0.25) is 4.90 Å². The summed E-state index contributed by atoms with van der Waals surface area (Å²) in [5.74, 6) is -0.155. The van der Waals surface area contributed by atoms with Crippen LogP contribution >= 0.6 is 0 Å². The average molecular weight is 209 g/mol. The number of β-amino-alcohol motifs (C(OH)–C–C–N with tert-alkyl or cyclic N) is 1. The highest BCUT2D eigenvalue weighted by Gasteiger charge is 2.18. The van der Waals surface area contributed by atoms with E-state index in [0.29, 0.717) is 18.7 Å². The molecule has 1 atom stereocenters. The van der Waals surface area contributed by atoms with E-state index in [9.17, 15) is 9.50 Å². The maximum absolute atomic E-state index is 13.4. The van der Waals surface area contributed by atoms with Crippen LogP contribution in [0.4, 0.5) is 4.39 Å². The first kappa shape index (κ1) is 10.6. The van der Waals surface area contributed by atoms with Crippen molar-refractivity contribution in [3.05, 3.63) is 35.6 Å². The van der Waals surface area contributed by atoms with Gasteiger partial charge in [-0.2, -0.15) is 0 Å². The van der Waals surface area contributed by atoms with Crippen LogP contribution in [0.15, 0.2) is 24.3 Å². The maximum Gasteiger partial charge on any atom is 0.127 e. The summed E-state index contributed by atoms with van der Waals surface area (Å²) in [5.41, 5.74) is 0.714. The summed E-state index contributed by atoms with van der Waals surface area (Å²) in [5, 5.41) is 9.49. The quantitative estimate of drug-likeness (QED) is 0.802. The van der Waals surface area contributed by atoms with Crippen molar-refractivity contribution < 1.29 is 9.50 Å². The number of aliphatic hydroxyl groups is 1. The summed E-state index contributed by atoms with van der Waals surface area (Å²) in [6.07, 6.45) is 1.62. The highest BCUT2D eigenvalue weighted by atomic mass is 19.1. The van der Waals surface area contributed by atoms with Crippen LogP contribution in [0, 0.1) is 5.82 Å². The van der Waals surface area contributed by atoms with E-state index in [2.05, 4.69) is 4.90 Å². The SMILES string of the molecule is O[C@H]1CCCN(Cc2ccccc2F)C1. The van der Waals surface area contributed by atoms with E-state index in [4.69, 9.17) is 0 Å². The van der Waals surface area contributed by atoms with Gasteiger partial charge >= 0.3 is 0 Å². The predicted octanol–water partition coefficient (Wildman–Crippen LogP) is 1.78. The fraction of sp³-hybridized carbons (Fsp3) is 0.500. The van der Waals surface area contributed by atoms with Crippen LogP contribution in [0.25, 0.3) is 0 Å². The summed E-state index contributed by atoms with van der Waals surface area (Å²) >= 11 is 0. The van der Waals surface area contributed by atoms with Gasteiger partial charge in [-0.1, -0.05) is 18.2 Å². The standard InChI is InChI=1S/C12H16FNO/c13-12-6-2-1-4-10(12)8-14-7-3-5-11(15)9-14/h1-2,4,6,11,15H,3,5,7-9H2/t11-/m0/s1. The number of rotatable bonds is 2. The Labute approximate surface area is 89.3 Å². The third-order valence-corrected chi connectivity index (χ3v) is 2.83. The number of benzene rings is 1. The van der Waals surface area contributed by atoms with Gasteiger partial charge in [-0.05, 0) is 25.5 Å². The van der Waals surface area contributed by atoms with E-state index < -0.39 is 0 Å². The fourth-order valence-corrected chi connectivity index (χ4v) is 2.04. The molecule has 0 unspecified atom stereocenters. The minimum Gasteiger partial charge on any atom is -0.392 e. The first-order valence-corrected chi connectivity index (χ1v) is 5.39. The van der Waals surface area contributed by atoms with Gasteiger partial charge in [0.05, 0.1) is 6.10 Å². The lowest BCUT2D eigenvalue weighted by atomic mass is 10.1. The minimum absolute atomic E-state index is 0.155. The van der Waals surface area contributed by atoms with Gasteiger partial charge in [0.25, 0.3) is 0 Å². The topological polar surface area (TPSA) is 23.5 Å². The lowest BCUT2D eigenvalue weighted by Gasteiger charge is -2.29. The molecule has 1 fully saturated rings. The Hall–Kier alpha value is -0.930. The molecular weight excluding hydrogens is 193 g/mol. The summed E-state index contributed by atoms with van der Waals surface area (Å²) in [6.45, 7) is 2.21. The van der Waals surface area contributed by atoms with Crippen LogP contribution in [0.5, 0.6) is 0 Å². The van der Waals surface area contributed by atoms with E-state index in [1.807, 2.05) is 6.07 Å². The highest BCUT2D eigenvalue weighted by molar-refractivity contribution is 5.17. The van der Waals surface area contributed by atoms with Crippen LogP contribution in [0.3, 0.4) is 0 Å². The van der Waals surface area contributed by atoms with E-state index in [0.717, 1.165) is 19.4 Å². The largest absolute Gasteiger partial charge is 0.392 e. The lowest BCUT2D eigenvalue weighted by molar-refractivity contribution is 0.0663. The first-order valence-electron chi connectivity index (χ1n) is 5.39. The van der Waals surface area contributed by atoms with Crippen molar-refractivity contribution in [2.45, 2.75) is 25.5 Å². The molecule has 0 radical (unpaired) electrons. The number of likely N-dealkylation sites (tertiary alicyclic amines) is 1. The zero-order chi connectivity index (χ0) is 10.7.